The molecule has 2 aromatic carbocycles. The Bertz CT molecular complexity index is 1190. The first kappa shape index (κ1) is 22.4. The summed E-state index contributed by atoms with van der Waals surface area (Å²) in [5, 5.41) is 8.13. The van der Waals surface area contributed by atoms with Crippen LogP contribution >= 0.6 is 0 Å². The molecule has 1 aromatic heterocycles. The fraction of sp³-hybridized carbons (Fsp3) is 0.385. The number of aromatic nitrogens is 1. The number of halogens is 1. The minimum absolute atomic E-state index is 0.123. The Kier molecular flexibility index (Phi) is 6.49. The molecule has 178 valence electrons. The van der Waals surface area contributed by atoms with Crippen molar-refractivity contribution in [2.75, 3.05) is 33.0 Å². The Morgan fingerprint density at radius 1 is 1.21 bits per heavy atom. The van der Waals surface area contributed by atoms with Crippen molar-refractivity contribution in [3.8, 4) is 11.5 Å². The molecule has 7 nitrogen and oxygen atoms in total. The summed E-state index contributed by atoms with van der Waals surface area (Å²) in [6.45, 7) is 7.56. The lowest BCUT2D eigenvalue weighted by Crippen LogP contribution is -2.37. The molecule has 2 aliphatic rings. The van der Waals surface area contributed by atoms with Crippen LogP contribution in [0.25, 0.3) is 11.0 Å². The van der Waals surface area contributed by atoms with Gasteiger partial charge in [0.25, 0.3) is 5.91 Å². The maximum atomic E-state index is 13.4. The number of piperidine rings is 1. The van der Waals surface area contributed by atoms with E-state index >= 15 is 0 Å². The number of hydrogen-bond acceptors (Lipinski definition) is 6. The van der Waals surface area contributed by atoms with Crippen LogP contribution in [-0.2, 0) is 0 Å². The van der Waals surface area contributed by atoms with Gasteiger partial charge >= 0.3 is 0 Å². The van der Waals surface area contributed by atoms with E-state index in [1.165, 1.54) is 12.1 Å². The summed E-state index contributed by atoms with van der Waals surface area (Å²) >= 11 is 0. The van der Waals surface area contributed by atoms with Gasteiger partial charge in [0, 0.05) is 36.0 Å². The third-order valence-electron chi connectivity index (χ3n) is 6.70. The molecule has 0 aliphatic carbocycles. The molecule has 1 saturated heterocycles. The van der Waals surface area contributed by atoms with Gasteiger partial charge < -0.3 is 24.2 Å². The van der Waals surface area contributed by atoms with Gasteiger partial charge in [0.15, 0.2) is 17.1 Å². The highest BCUT2D eigenvalue weighted by molar-refractivity contribution is 5.94. The van der Waals surface area contributed by atoms with E-state index in [1.807, 2.05) is 6.08 Å². The molecule has 0 spiro atoms. The SMILES string of the molecule is C=C[C@@H](CCNC(=O)c1ccc2c(c1)OCO2)CN1CCC(c2noc3cc(F)ccc23)CC1. The van der Waals surface area contributed by atoms with E-state index in [4.69, 9.17) is 14.0 Å². The first-order valence-electron chi connectivity index (χ1n) is 11.7. The number of benzene rings is 2. The number of amides is 1. The molecule has 1 amide bonds. The van der Waals surface area contributed by atoms with Crippen LogP contribution in [0.4, 0.5) is 4.39 Å². The third-order valence-corrected chi connectivity index (χ3v) is 6.70. The zero-order valence-electron chi connectivity index (χ0n) is 19.0. The summed E-state index contributed by atoms with van der Waals surface area (Å²) in [7, 11) is 0. The molecule has 34 heavy (non-hydrogen) atoms. The number of carbonyl (C=O) groups excluding carboxylic acids is 1. The van der Waals surface area contributed by atoms with Crippen LogP contribution in [0.5, 0.6) is 11.5 Å². The molecular weight excluding hydrogens is 437 g/mol. The van der Waals surface area contributed by atoms with Crippen LogP contribution in [-0.4, -0.2) is 48.9 Å². The first-order chi connectivity index (χ1) is 16.6. The Labute approximate surface area is 197 Å². The highest BCUT2D eigenvalue weighted by atomic mass is 19.1. The summed E-state index contributed by atoms with van der Waals surface area (Å²) in [6, 6.07) is 9.81. The van der Waals surface area contributed by atoms with Crippen LogP contribution in [0.1, 0.15) is 41.2 Å². The number of fused-ring (bicyclic) bond motifs is 2. The fourth-order valence-corrected chi connectivity index (χ4v) is 4.74. The van der Waals surface area contributed by atoms with Gasteiger partial charge in [0.2, 0.25) is 6.79 Å². The molecular formula is C26H28FN3O4. The van der Waals surface area contributed by atoms with E-state index in [0.717, 1.165) is 50.0 Å². The number of hydrogen-bond donors (Lipinski definition) is 1. The van der Waals surface area contributed by atoms with Crippen molar-refractivity contribution in [3.05, 3.63) is 66.1 Å². The summed E-state index contributed by atoms with van der Waals surface area (Å²) in [6.07, 6.45) is 4.74. The molecule has 0 bridgehead atoms. The van der Waals surface area contributed by atoms with E-state index in [9.17, 15) is 9.18 Å². The van der Waals surface area contributed by atoms with Crippen molar-refractivity contribution >= 4 is 16.9 Å². The number of carbonyl (C=O) groups is 1. The molecule has 1 N–H and O–H groups in total. The van der Waals surface area contributed by atoms with E-state index in [1.54, 1.807) is 24.3 Å². The largest absolute Gasteiger partial charge is 0.454 e. The van der Waals surface area contributed by atoms with Crippen LogP contribution < -0.4 is 14.8 Å². The summed E-state index contributed by atoms with van der Waals surface area (Å²) < 4.78 is 29.4. The number of nitrogens with one attached hydrogen (secondary N) is 1. The van der Waals surface area contributed by atoms with E-state index < -0.39 is 0 Å². The maximum absolute atomic E-state index is 13.4. The predicted octanol–water partition coefficient (Wildman–Crippen LogP) is 4.50. The predicted molar refractivity (Wildman–Crippen MR) is 126 cm³/mol. The smallest absolute Gasteiger partial charge is 0.251 e. The van der Waals surface area contributed by atoms with Crippen LogP contribution in [0, 0.1) is 11.7 Å². The lowest BCUT2D eigenvalue weighted by atomic mass is 9.91. The second-order valence-electron chi connectivity index (χ2n) is 8.89. The molecule has 0 saturated carbocycles. The van der Waals surface area contributed by atoms with Gasteiger partial charge in [-0.25, -0.2) is 4.39 Å². The quantitative estimate of drug-likeness (QED) is 0.494. The Hall–Kier alpha value is -3.39. The van der Waals surface area contributed by atoms with Gasteiger partial charge in [-0.1, -0.05) is 11.2 Å². The molecule has 2 aliphatic heterocycles. The van der Waals surface area contributed by atoms with Gasteiger partial charge in [-0.2, -0.15) is 0 Å². The molecule has 1 fully saturated rings. The van der Waals surface area contributed by atoms with Crippen LogP contribution in [0.15, 0.2) is 53.6 Å². The standard InChI is InChI=1S/C26H28FN3O4/c1-2-17(7-10-28-26(31)19-3-6-22-24(13-19)33-16-32-22)15-30-11-8-18(9-12-30)25-21-5-4-20(27)14-23(21)34-29-25/h2-6,13-14,17-18H,1,7-12,15-16H2,(H,28,31)/t17-/m0/s1. The monoisotopic (exact) mass is 465 g/mol. The first-order valence-corrected chi connectivity index (χ1v) is 11.7. The normalized spacial score (nSPS) is 17.1. The average molecular weight is 466 g/mol. The minimum Gasteiger partial charge on any atom is -0.454 e. The van der Waals surface area contributed by atoms with Crippen molar-refractivity contribution in [3.63, 3.8) is 0 Å². The highest BCUT2D eigenvalue weighted by Gasteiger charge is 2.26. The van der Waals surface area contributed by atoms with Crippen LogP contribution in [0.2, 0.25) is 0 Å². The summed E-state index contributed by atoms with van der Waals surface area (Å²) in [5.74, 6) is 1.42. The lowest BCUT2D eigenvalue weighted by Gasteiger charge is -2.33. The van der Waals surface area contributed by atoms with Gasteiger partial charge in [-0.3, -0.25) is 4.79 Å². The molecule has 3 heterocycles. The zero-order chi connectivity index (χ0) is 23.5. The fourth-order valence-electron chi connectivity index (χ4n) is 4.74. The highest BCUT2D eigenvalue weighted by Crippen LogP contribution is 2.34. The van der Waals surface area contributed by atoms with Crippen molar-refractivity contribution in [1.29, 1.82) is 0 Å². The van der Waals surface area contributed by atoms with Gasteiger partial charge in [0.05, 0.1) is 5.69 Å². The number of nitrogens with zero attached hydrogens (tertiary/aromatic N) is 2. The van der Waals surface area contributed by atoms with Gasteiger partial charge in [0.1, 0.15) is 5.82 Å². The van der Waals surface area contributed by atoms with Crippen LogP contribution in [0.3, 0.4) is 0 Å². The maximum Gasteiger partial charge on any atom is 0.251 e. The molecule has 0 radical (unpaired) electrons. The molecule has 0 unspecified atom stereocenters. The van der Waals surface area contributed by atoms with E-state index in [2.05, 4.69) is 22.0 Å². The second kappa shape index (κ2) is 9.85. The van der Waals surface area contributed by atoms with Gasteiger partial charge in [-0.05, 0) is 68.6 Å². The third kappa shape index (κ3) is 4.77. The Balaban J connectivity index is 1.08. The molecule has 3 aromatic rings. The van der Waals surface area contributed by atoms with Crippen molar-refractivity contribution in [2.24, 2.45) is 5.92 Å². The summed E-state index contributed by atoms with van der Waals surface area (Å²) in [4.78, 5) is 14.9. The van der Waals surface area contributed by atoms with E-state index in [-0.39, 0.29) is 24.4 Å². The second-order valence-corrected chi connectivity index (χ2v) is 8.89. The van der Waals surface area contributed by atoms with Gasteiger partial charge in [-0.15, -0.1) is 6.58 Å². The number of likely N-dealkylation sites (tertiary alicyclic amines) is 1. The van der Waals surface area contributed by atoms with E-state index in [0.29, 0.717) is 35.1 Å². The molecule has 8 heteroatoms. The van der Waals surface area contributed by atoms with Crippen molar-refractivity contribution in [2.45, 2.75) is 25.2 Å². The Morgan fingerprint density at radius 2 is 2.03 bits per heavy atom. The topological polar surface area (TPSA) is 76.8 Å². The average Bonchev–Trinajstić information content (AvgIpc) is 3.50. The molecule has 5 rings (SSSR count). The minimum atomic E-state index is -0.312. The number of rotatable bonds is 8. The Morgan fingerprint density at radius 3 is 2.85 bits per heavy atom. The van der Waals surface area contributed by atoms with Crippen molar-refractivity contribution in [1.82, 2.24) is 15.4 Å². The summed E-state index contributed by atoms with van der Waals surface area (Å²) in [5.41, 5.74) is 2.00. The van der Waals surface area contributed by atoms with Crippen molar-refractivity contribution < 1.29 is 23.2 Å². The lowest BCUT2D eigenvalue weighted by molar-refractivity contribution is 0.0950. The number of ether oxygens (including phenoxy) is 2. The molecule has 1 atom stereocenters. The zero-order valence-corrected chi connectivity index (χ0v) is 19.0.